The monoisotopic (exact) mass is 236 g/mol. The predicted octanol–water partition coefficient (Wildman–Crippen LogP) is 1.54. The molecule has 4 heteroatoms. The van der Waals surface area contributed by atoms with Crippen LogP contribution >= 0.6 is 0 Å². The number of carbonyl (C=O) groups is 1. The Balaban J connectivity index is 1.99. The molecule has 17 heavy (non-hydrogen) atoms. The van der Waals surface area contributed by atoms with Crippen molar-refractivity contribution in [1.82, 2.24) is 10.2 Å². The van der Waals surface area contributed by atoms with Gasteiger partial charge in [-0.2, -0.15) is 0 Å². The summed E-state index contributed by atoms with van der Waals surface area (Å²) in [6.45, 7) is 1.22. The number of hydrogen-bond acceptors (Lipinski definition) is 2. The van der Waals surface area contributed by atoms with Crippen molar-refractivity contribution >= 4 is 5.91 Å². The van der Waals surface area contributed by atoms with Crippen molar-refractivity contribution in [2.75, 3.05) is 13.6 Å². The van der Waals surface area contributed by atoms with Crippen molar-refractivity contribution < 1.29 is 9.18 Å². The number of benzene rings is 1. The minimum Gasteiger partial charge on any atom is -0.340 e. The largest absolute Gasteiger partial charge is 0.340 e. The summed E-state index contributed by atoms with van der Waals surface area (Å²) in [6.07, 6.45) is 1.91. The summed E-state index contributed by atoms with van der Waals surface area (Å²) in [5.41, 5.74) is 0.557. The molecule has 0 bridgehead atoms. The fourth-order valence-corrected chi connectivity index (χ4v) is 2.12. The zero-order chi connectivity index (χ0) is 12.3. The summed E-state index contributed by atoms with van der Waals surface area (Å²) in [4.78, 5) is 13.6. The zero-order valence-electron chi connectivity index (χ0n) is 9.95. The first-order chi connectivity index (χ1) is 8.18. The highest BCUT2D eigenvalue weighted by Crippen LogP contribution is 2.12. The molecule has 1 aliphatic rings. The Morgan fingerprint density at radius 3 is 2.94 bits per heavy atom. The molecule has 2 rings (SSSR count). The second-order valence-electron chi connectivity index (χ2n) is 4.43. The molecular formula is C13H17FN2O. The highest BCUT2D eigenvalue weighted by atomic mass is 19.1. The summed E-state index contributed by atoms with van der Waals surface area (Å²) >= 11 is 0. The number of halogens is 1. The van der Waals surface area contributed by atoms with E-state index in [1.807, 2.05) is 0 Å². The molecular weight excluding hydrogens is 219 g/mol. The van der Waals surface area contributed by atoms with Crippen LogP contribution in [0.25, 0.3) is 0 Å². The van der Waals surface area contributed by atoms with E-state index >= 15 is 0 Å². The van der Waals surface area contributed by atoms with Crippen LogP contribution in [0.2, 0.25) is 0 Å². The fraction of sp³-hybridized carbons (Fsp3) is 0.462. The smallest absolute Gasteiger partial charge is 0.239 e. The lowest BCUT2D eigenvalue weighted by atomic mass is 10.1. The minimum atomic E-state index is -0.258. The van der Waals surface area contributed by atoms with Crippen molar-refractivity contribution in [3.8, 4) is 0 Å². The van der Waals surface area contributed by atoms with Crippen LogP contribution in [0.1, 0.15) is 18.4 Å². The Kier molecular flexibility index (Phi) is 3.74. The van der Waals surface area contributed by atoms with Crippen molar-refractivity contribution in [1.29, 1.82) is 0 Å². The molecule has 1 atom stereocenters. The molecule has 1 N–H and O–H groups in total. The highest BCUT2D eigenvalue weighted by Gasteiger charge is 2.25. The average Bonchev–Trinajstić information content (AvgIpc) is 2.84. The van der Waals surface area contributed by atoms with E-state index in [1.54, 1.807) is 30.1 Å². The van der Waals surface area contributed by atoms with E-state index in [2.05, 4.69) is 5.32 Å². The Bertz CT molecular complexity index is 402. The van der Waals surface area contributed by atoms with E-state index in [-0.39, 0.29) is 17.8 Å². The lowest BCUT2D eigenvalue weighted by Gasteiger charge is -2.21. The number of likely N-dealkylation sites (N-methyl/N-ethyl adjacent to an activating group) is 1. The average molecular weight is 236 g/mol. The molecule has 0 spiro atoms. The van der Waals surface area contributed by atoms with Crippen molar-refractivity contribution in [3.63, 3.8) is 0 Å². The van der Waals surface area contributed by atoms with Gasteiger partial charge in [0, 0.05) is 19.2 Å². The molecule has 1 heterocycles. The molecule has 1 saturated heterocycles. The van der Waals surface area contributed by atoms with E-state index in [4.69, 9.17) is 0 Å². The van der Waals surface area contributed by atoms with Crippen LogP contribution in [-0.4, -0.2) is 30.4 Å². The van der Waals surface area contributed by atoms with Crippen LogP contribution in [0, 0.1) is 5.82 Å². The molecule has 92 valence electrons. The molecule has 1 unspecified atom stereocenters. The van der Waals surface area contributed by atoms with Gasteiger partial charge in [0.15, 0.2) is 0 Å². The first kappa shape index (κ1) is 12.0. The maximum Gasteiger partial charge on any atom is 0.239 e. The normalized spacial score (nSPS) is 19.3. The molecule has 1 aliphatic heterocycles. The second-order valence-corrected chi connectivity index (χ2v) is 4.43. The number of rotatable bonds is 3. The maximum atomic E-state index is 13.4. The summed E-state index contributed by atoms with van der Waals surface area (Å²) < 4.78 is 13.4. The van der Waals surface area contributed by atoms with Gasteiger partial charge in [-0.25, -0.2) is 4.39 Å². The van der Waals surface area contributed by atoms with E-state index in [0.29, 0.717) is 12.1 Å². The molecule has 3 nitrogen and oxygen atoms in total. The lowest BCUT2D eigenvalue weighted by Crippen LogP contribution is -2.41. The van der Waals surface area contributed by atoms with Crippen LogP contribution < -0.4 is 5.32 Å². The summed E-state index contributed by atoms with van der Waals surface area (Å²) in [5, 5.41) is 3.15. The lowest BCUT2D eigenvalue weighted by molar-refractivity contribution is -0.132. The second kappa shape index (κ2) is 5.27. The van der Waals surface area contributed by atoms with E-state index in [1.165, 1.54) is 6.07 Å². The Labute approximate surface area is 101 Å². The molecule has 1 aromatic carbocycles. The topological polar surface area (TPSA) is 32.3 Å². The van der Waals surface area contributed by atoms with E-state index < -0.39 is 0 Å². The fourth-order valence-electron chi connectivity index (χ4n) is 2.12. The first-order valence-corrected chi connectivity index (χ1v) is 5.90. The van der Waals surface area contributed by atoms with Gasteiger partial charge >= 0.3 is 0 Å². The summed E-state index contributed by atoms with van der Waals surface area (Å²) in [5.74, 6) is -0.211. The van der Waals surface area contributed by atoms with E-state index in [0.717, 1.165) is 19.4 Å². The Morgan fingerprint density at radius 2 is 2.29 bits per heavy atom. The van der Waals surface area contributed by atoms with Gasteiger partial charge in [0.1, 0.15) is 5.82 Å². The highest BCUT2D eigenvalue weighted by molar-refractivity contribution is 5.81. The number of nitrogens with zero attached hydrogens (tertiary/aromatic N) is 1. The molecule has 1 fully saturated rings. The number of carbonyl (C=O) groups excluding carboxylic acids is 1. The zero-order valence-corrected chi connectivity index (χ0v) is 9.95. The van der Waals surface area contributed by atoms with Gasteiger partial charge in [-0.05, 0) is 25.5 Å². The quantitative estimate of drug-likeness (QED) is 0.863. The SMILES string of the molecule is CN(Cc1ccccc1F)C(=O)C1CCCN1. The van der Waals surface area contributed by atoms with Gasteiger partial charge in [-0.1, -0.05) is 18.2 Å². The van der Waals surface area contributed by atoms with Crippen molar-refractivity contribution in [2.45, 2.75) is 25.4 Å². The van der Waals surface area contributed by atoms with Crippen LogP contribution in [-0.2, 0) is 11.3 Å². The standard InChI is InChI=1S/C13H17FN2O/c1-16(13(17)12-7-4-8-15-12)9-10-5-2-3-6-11(10)14/h2-3,5-6,12,15H,4,7-9H2,1H3. The van der Waals surface area contributed by atoms with E-state index in [9.17, 15) is 9.18 Å². The molecule has 0 saturated carbocycles. The maximum absolute atomic E-state index is 13.4. The molecule has 0 aliphatic carbocycles. The third kappa shape index (κ3) is 2.82. The van der Waals surface area contributed by atoms with Gasteiger partial charge in [0.05, 0.1) is 6.04 Å². The minimum absolute atomic E-state index is 0.0470. The van der Waals surface area contributed by atoms with Gasteiger partial charge in [0.25, 0.3) is 0 Å². The van der Waals surface area contributed by atoms with Gasteiger partial charge in [-0.3, -0.25) is 4.79 Å². The van der Waals surface area contributed by atoms with Crippen molar-refractivity contribution in [3.05, 3.63) is 35.6 Å². The number of amides is 1. The van der Waals surface area contributed by atoms with Crippen LogP contribution in [0.3, 0.4) is 0 Å². The summed E-state index contributed by atoms with van der Waals surface area (Å²) in [7, 11) is 1.72. The number of nitrogens with one attached hydrogen (secondary N) is 1. The van der Waals surface area contributed by atoms with Crippen LogP contribution in [0.15, 0.2) is 24.3 Å². The van der Waals surface area contributed by atoms with Gasteiger partial charge in [0.2, 0.25) is 5.91 Å². The molecule has 0 radical (unpaired) electrons. The Hall–Kier alpha value is -1.42. The predicted molar refractivity (Wildman–Crippen MR) is 63.9 cm³/mol. The van der Waals surface area contributed by atoms with Gasteiger partial charge in [-0.15, -0.1) is 0 Å². The summed E-state index contributed by atoms with van der Waals surface area (Å²) in [6, 6.07) is 6.47. The third-order valence-corrected chi connectivity index (χ3v) is 3.10. The van der Waals surface area contributed by atoms with Gasteiger partial charge < -0.3 is 10.2 Å². The van der Waals surface area contributed by atoms with Crippen LogP contribution in [0.5, 0.6) is 0 Å². The molecule has 0 aromatic heterocycles. The first-order valence-electron chi connectivity index (χ1n) is 5.90. The molecule has 1 amide bonds. The third-order valence-electron chi connectivity index (χ3n) is 3.10. The Morgan fingerprint density at radius 1 is 1.53 bits per heavy atom. The van der Waals surface area contributed by atoms with Crippen LogP contribution in [0.4, 0.5) is 4.39 Å². The van der Waals surface area contributed by atoms with Crippen molar-refractivity contribution in [2.24, 2.45) is 0 Å². The number of hydrogen-bond donors (Lipinski definition) is 1. The molecule has 1 aromatic rings.